The van der Waals surface area contributed by atoms with E-state index in [2.05, 4.69) is 5.32 Å². The van der Waals surface area contributed by atoms with Gasteiger partial charge in [0.1, 0.15) is 17.0 Å². The van der Waals surface area contributed by atoms with Crippen molar-refractivity contribution in [3.8, 4) is 11.5 Å². The second kappa shape index (κ2) is 9.13. The molecule has 2 amide bonds. The molecule has 2 aliphatic rings. The van der Waals surface area contributed by atoms with Crippen molar-refractivity contribution in [3.63, 3.8) is 0 Å². The molecule has 0 aliphatic carbocycles. The zero-order valence-corrected chi connectivity index (χ0v) is 19.9. The van der Waals surface area contributed by atoms with Crippen LogP contribution in [-0.4, -0.2) is 42.6 Å². The summed E-state index contributed by atoms with van der Waals surface area (Å²) in [5.74, 6) is -3.25. The Labute approximate surface area is 208 Å². The Kier molecular flexibility index (Phi) is 5.97. The monoisotopic (exact) mass is 486 g/mol. The smallest absolute Gasteiger partial charge is 0.325 e. The fourth-order valence-corrected chi connectivity index (χ4v) is 5.51. The van der Waals surface area contributed by atoms with E-state index in [4.69, 9.17) is 9.47 Å². The average Bonchev–Trinajstić information content (AvgIpc) is 3.38. The molecule has 4 atom stereocenters. The molecule has 2 heterocycles. The maximum absolute atomic E-state index is 14.0. The number of ether oxygens (including phenoxy) is 2. The molecule has 2 fully saturated rings. The van der Waals surface area contributed by atoms with E-state index in [-0.39, 0.29) is 6.42 Å². The average molecular weight is 487 g/mol. The Balaban J connectivity index is 1.66. The van der Waals surface area contributed by atoms with Gasteiger partial charge in [-0.15, -0.1) is 0 Å². The van der Waals surface area contributed by atoms with Gasteiger partial charge in [0.15, 0.2) is 0 Å². The molecule has 8 nitrogen and oxygen atoms in total. The summed E-state index contributed by atoms with van der Waals surface area (Å²) in [4.78, 5) is 42.0. The summed E-state index contributed by atoms with van der Waals surface area (Å²) < 4.78 is 10.7. The molecule has 5 rings (SSSR count). The Morgan fingerprint density at radius 1 is 0.917 bits per heavy atom. The van der Waals surface area contributed by atoms with E-state index in [1.165, 1.54) is 7.11 Å². The fourth-order valence-electron chi connectivity index (χ4n) is 5.51. The number of amides is 2. The third kappa shape index (κ3) is 3.61. The van der Waals surface area contributed by atoms with Crippen molar-refractivity contribution >= 4 is 23.5 Å². The van der Waals surface area contributed by atoms with Crippen LogP contribution in [-0.2, 0) is 20.8 Å². The van der Waals surface area contributed by atoms with Gasteiger partial charge in [-0.05, 0) is 35.4 Å². The molecule has 0 saturated carbocycles. The summed E-state index contributed by atoms with van der Waals surface area (Å²) in [5.41, 5.74) is 0.0551. The number of carboxylic acid groups (broad SMARTS) is 1. The van der Waals surface area contributed by atoms with Crippen LogP contribution < -0.4 is 19.7 Å². The van der Waals surface area contributed by atoms with Crippen molar-refractivity contribution in [1.29, 1.82) is 0 Å². The summed E-state index contributed by atoms with van der Waals surface area (Å²) in [6.45, 7) is 0. The highest BCUT2D eigenvalue weighted by molar-refractivity contribution is 6.24. The summed E-state index contributed by atoms with van der Waals surface area (Å²) >= 11 is 0. The highest BCUT2D eigenvalue weighted by atomic mass is 16.5. The summed E-state index contributed by atoms with van der Waals surface area (Å²) in [7, 11) is 3.02. The molecule has 2 saturated heterocycles. The van der Waals surface area contributed by atoms with Crippen LogP contribution in [0.3, 0.4) is 0 Å². The maximum Gasteiger partial charge on any atom is 0.325 e. The predicted octanol–water partition coefficient (Wildman–Crippen LogP) is 3.22. The maximum atomic E-state index is 14.0. The number of imide groups is 1. The number of carbonyl (C=O) groups excluding carboxylic acids is 2. The molecule has 2 N–H and O–H groups in total. The number of para-hydroxylation sites is 2. The number of carbonyl (C=O) groups is 3. The molecule has 0 bridgehead atoms. The number of anilines is 1. The van der Waals surface area contributed by atoms with Crippen molar-refractivity contribution in [2.45, 2.75) is 18.0 Å². The largest absolute Gasteiger partial charge is 0.497 e. The van der Waals surface area contributed by atoms with Crippen LogP contribution in [0.1, 0.15) is 17.2 Å². The van der Waals surface area contributed by atoms with Gasteiger partial charge >= 0.3 is 5.97 Å². The number of rotatable bonds is 7. The number of hydrogen-bond donors (Lipinski definition) is 2. The van der Waals surface area contributed by atoms with Crippen LogP contribution >= 0.6 is 0 Å². The highest BCUT2D eigenvalue weighted by Gasteiger charge is 2.68. The number of methoxy groups -OCH3 is 2. The molecule has 36 heavy (non-hydrogen) atoms. The lowest BCUT2D eigenvalue weighted by Crippen LogP contribution is -2.57. The van der Waals surface area contributed by atoms with Crippen molar-refractivity contribution < 1.29 is 29.0 Å². The van der Waals surface area contributed by atoms with Gasteiger partial charge in [-0.3, -0.25) is 19.7 Å². The van der Waals surface area contributed by atoms with E-state index in [9.17, 15) is 19.5 Å². The second-order valence-electron chi connectivity index (χ2n) is 9.02. The lowest BCUT2D eigenvalue weighted by atomic mass is 9.76. The Bertz CT molecular complexity index is 1310. The van der Waals surface area contributed by atoms with Gasteiger partial charge in [-0.2, -0.15) is 0 Å². The molecule has 2 aliphatic heterocycles. The predicted molar refractivity (Wildman–Crippen MR) is 132 cm³/mol. The first-order chi connectivity index (χ1) is 17.4. The molecule has 3 aromatic carbocycles. The van der Waals surface area contributed by atoms with Gasteiger partial charge in [0.25, 0.3) is 0 Å². The van der Waals surface area contributed by atoms with Gasteiger partial charge in [0.05, 0.1) is 31.7 Å². The van der Waals surface area contributed by atoms with Gasteiger partial charge in [-0.25, -0.2) is 4.90 Å². The zero-order chi connectivity index (χ0) is 25.4. The summed E-state index contributed by atoms with van der Waals surface area (Å²) in [5, 5.41) is 13.8. The number of aliphatic carboxylic acids is 1. The summed E-state index contributed by atoms with van der Waals surface area (Å²) in [6.07, 6.45) is 0.0375. The highest BCUT2D eigenvalue weighted by Crippen LogP contribution is 2.51. The van der Waals surface area contributed by atoms with Gasteiger partial charge in [0, 0.05) is 12.5 Å². The SMILES string of the molecule is COc1ccc([C@@H]2N[C@](Cc3ccccc3)(C(=O)O)[C@H]3C(=O)N(c4ccccc4OC)C(=O)[C@H]23)cc1. The number of nitrogens with zero attached hydrogens (tertiary/aromatic N) is 1. The fraction of sp³-hybridized carbons (Fsp3) is 0.250. The molecule has 0 radical (unpaired) electrons. The Morgan fingerprint density at radius 2 is 1.58 bits per heavy atom. The van der Waals surface area contributed by atoms with Gasteiger partial charge < -0.3 is 14.6 Å². The molecule has 0 aromatic heterocycles. The number of hydrogen-bond acceptors (Lipinski definition) is 6. The van der Waals surface area contributed by atoms with Crippen molar-refractivity contribution in [1.82, 2.24) is 5.32 Å². The number of benzene rings is 3. The van der Waals surface area contributed by atoms with E-state index in [1.807, 2.05) is 30.3 Å². The normalized spacial score (nSPS) is 25.1. The van der Waals surface area contributed by atoms with Crippen LogP contribution in [0.25, 0.3) is 0 Å². The van der Waals surface area contributed by atoms with Crippen molar-refractivity contribution in [3.05, 3.63) is 90.0 Å². The molecular weight excluding hydrogens is 460 g/mol. The van der Waals surface area contributed by atoms with E-state index in [0.717, 1.165) is 10.5 Å². The Morgan fingerprint density at radius 3 is 2.22 bits per heavy atom. The van der Waals surface area contributed by atoms with Gasteiger partial charge in [-0.1, -0.05) is 54.6 Å². The van der Waals surface area contributed by atoms with Crippen LogP contribution in [0.4, 0.5) is 5.69 Å². The third-order valence-electron chi connectivity index (χ3n) is 7.16. The topological polar surface area (TPSA) is 105 Å². The molecule has 3 aromatic rings. The first-order valence-corrected chi connectivity index (χ1v) is 11.6. The molecule has 0 unspecified atom stereocenters. The minimum atomic E-state index is -1.69. The molecule has 184 valence electrons. The van der Waals surface area contributed by atoms with E-state index < -0.39 is 41.2 Å². The molecule has 8 heteroatoms. The van der Waals surface area contributed by atoms with Crippen molar-refractivity contribution in [2.75, 3.05) is 19.1 Å². The lowest BCUT2D eigenvalue weighted by molar-refractivity contribution is -0.148. The third-order valence-corrected chi connectivity index (χ3v) is 7.16. The zero-order valence-electron chi connectivity index (χ0n) is 19.9. The van der Waals surface area contributed by atoms with Crippen LogP contribution in [0, 0.1) is 11.8 Å². The first kappa shape index (κ1) is 23.6. The van der Waals surface area contributed by atoms with Crippen LogP contribution in [0.2, 0.25) is 0 Å². The quantitative estimate of drug-likeness (QED) is 0.494. The molecule has 0 spiro atoms. The minimum absolute atomic E-state index is 0.0375. The molecular formula is C28H26N2O6. The van der Waals surface area contributed by atoms with Gasteiger partial charge in [0.2, 0.25) is 11.8 Å². The van der Waals surface area contributed by atoms with E-state index in [0.29, 0.717) is 22.7 Å². The second-order valence-corrected chi connectivity index (χ2v) is 9.02. The van der Waals surface area contributed by atoms with Crippen LogP contribution in [0.5, 0.6) is 11.5 Å². The number of nitrogens with one attached hydrogen (secondary N) is 1. The standard InChI is InChI=1S/C28H26N2O6/c1-35-19-14-12-18(13-15-19)24-22-23(28(29-24,27(33)34)16-17-8-4-3-5-9-17)26(32)30(25(22)31)20-10-6-7-11-21(20)36-2/h3-15,22-24,29H,16H2,1-2H3,(H,33,34)/t22-,23+,24-,28-/m0/s1. The van der Waals surface area contributed by atoms with Crippen LogP contribution in [0.15, 0.2) is 78.9 Å². The summed E-state index contributed by atoms with van der Waals surface area (Å²) in [6, 6.07) is 22.3. The van der Waals surface area contributed by atoms with Crippen molar-refractivity contribution in [2.24, 2.45) is 11.8 Å². The van der Waals surface area contributed by atoms with E-state index in [1.54, 1.807) is 55.6 Å². The first-order valence-electron chi connectivity index (χ1n) is 11.6. The number of fused-ring (bicyclic) bond motifs is 1. The number of carboxylic acids is 1. The Hall–Kier alpha value is -4.17. The minimum Gasteiger partial charge on any atom is -0.497 e. The van der Waals surface area contributed by atoms with E-state index >= 15 is 0 Å². The lowest BCUT2D eigenvalue weighted by Gasteiger charge is -2.31.